The highest BCUT2D eigenvalue weighted by atomic mass is 127. The molecule has 0 N–H and O–H groups in total. The molecule has 1 nitrogen and oxygen atoms in total. The van der Waals surface area contributed by atoms with E-state index in [0.29, 0.717) is 17.8 Å². The van der Waals surface area contributed by atoms with Gasteiger partial charge in [-0.2, -0.15) is 0 Å². The number of hydrogen-bond acceptors (Lipinski definition) is 1. The average molecular weight is 294 g/mol. The predicted molar refractivity (Wildman–Crippen MR) is 67.4 cm³/mol. The average Bonchev–Trinajstić information content (AvgIpc) is 2.01. The van der Waals surface area contributed by atoms with Gasteiger partial charge in [0.2, 0.25) is 0 Å². The molecule has 0 aliphatic carbocycles. The molecule has 1 saturated heterocycles. The summed E-state index contributed by atoms with van der Waals surface area (Å²) in [4.78, 5) is 0. The van der Waals surface area contributed by atoms with Crippen molar-refractivity contribution in [1.29, 1.82) is 0 Å². The molecule has 0 spiro atoms. The first-order valence-electron chi connectivity index (χ1n) is 4.66. The van der Waals surface area contributed by atoms with Crippen molar-refractivity contribution in [2.45, 2.75) is 13.3 Å². The summed E-state index contributed by atoms with van der Waals surface area (Å²) in [6, 6.07) is 0. The van der Waals surface area contributed by atoms with Crippen molar-refractivity contribution in [2.24, 2.45) is 17.8 Å². The maximum absolute atomic E-state index is 5.17. The quantitative estimate of drug-likeness (QED) is 0.558. The zero-order valence-electron chi connectivity index (χ0n) is 8.24. The lowest BCUT2D eigenvalue weighted by Gasteiger charge is -2.35. The Morgan fingerprint density at radius 1 is 1.38 bits per heavy atom. The Hall–Kier alpha value is 0.170. The molecule has 1 rings (SSSR count). The predicted octanol–water partition coefficient (Wildman–Crippen LogP) is 3.27. The molecule has 0 aromatic carbocycles. The fraction of sp³-hybridized carbons (Fsp3) is 0.636. The van der Waals surface area contributed by atoms with E-state index >= 15 is 0 Å². The van der Waals surface area contributed by atoms with Crippen LogP contribution in [0, 0.1) is 17.8 Å². The molecule has 0 radical (unpaired) electrons. The first-order chi connectivity index (χ1) is 5.83. The molecule has 76 valence electrons. The van der Waals surface area contributed by atoms with Crippen molar-refractivity contribution >= 4 is 24.0 Å². The van der Waals surface area contributed by atoms with E-state index in [2.05, 4.69) is 26.2 Å². The summed E-state index contributed by atoms with van der Waals surface area (Å²) in [5.41, 5.74) is 0. The largest absolute Gasteiger partial charge is 0.381 e. The minimum absolute atomic E-state index is 0. The second kappa shape index (κ2) is 6.60. The minimum Gasteiger partial charge on any atom is -0.381 e. The van der Waals surface area contributed by atoms with Crippen molar-refractivity contribution in [2.75, 3.05) is 13.2 Å². The third-order valence-electron chi connectivity index (χ3n) is 2.75. The van der Waals surface area contributed by atoms with Gasteiger partial charge in [0, 0.05) is 5.92 Å². The van der Waals surface area contributed by atoms with Crippen molar-refractivity contribution in [1.82, 2.24) is 0 Å². The summed E-state index contributed by atoms with van der Waals surface area (Å²) in [6.07, 6.45) is 5.25. The van der Waals surface area contributed by atoms with E-state index in [1.54, 1.807) is 0 Å². The summed E-state index contributed by atoms with van der Waals surface area (Å²) < 4.78 is 5.17. The van der Waals surface area contributed by atoms with Crippen LogP contribution in [-0.2, 0) is 4.74 Å². The summed E-state index contributed by atoms with van der Waals surface area (Å²) in [6.45, 7) is 11.7. The van der Waals surface area contributed by atoms with E-state index in [1.165, 1.54) is 0 Å². The Labute approximate surface area is 98.3 Å². The second-order valence-corrected chi connectivity index (χ2v) is 3.42. The molecule has 13 heavy (non-hydrogen) atoms. The maximum Gasteiger partial charge on any atom is 0.0522 e. The Kier molecular flexibility index (Phi) is 6.68. The number of hydrogen-bond donors (Lipinski definition) is 0. The van der Waals surface area contributed by atoms with E-state index in [-0.39, 0.29) is 24.0 Å². The lowest BCUT2D eigenvalue weighted by atomic mass is 9.79. The van der Waals surface area contributed by atoms with Crippen LogP contribution in [0.5, 0.6) is 0 Å². The van der Waals surface area contributed by atoms with Gasteiger partial charge in [0.15, 0.2) is 0 Å². The smallest absolute Gasteiger partial charge is 0.0522 e. The van der Waals surface area contributed by atoms with E-state index in [9.17, 15) is 0 Å². The Balaban J connectivity index is 0.00000144. The molecule has 0 amide bonds. The highest BCUT2D eigenvalue weighted by molar-refractivity contribution is 14.0. The highest BCUT2D eigenvalue weighted by Crippen LogP contribution is 2.30. The topological polar surface area (TPSA) is 9.23 Å². The molecule has 1 aliphatic rings. The van der Waals surface area contributed by atoms with Gasteiger partial charge in [-0.3, -0.25) is 0 Å². The van der Waals surface area contributed by atoms with E-state index in [4.69, 9.17) is 4.74 Å². The number of halogens is 1. The van der Waals surface area contributed by atoms with Gasteiger partial charge in [0.05, 0.1) is 13.2 Å². The van der Waals surface area contributed by atoms with Crippen LogP contribution in [0.25, 0.3) is 0 Å². The molecule has 1 aliphatic heterocycles. The van der Waals surface area contributed by atoms with Crippen molar-refractivity contribution < 1.29 is 4.74 Å². The molecule has 0 bridgehead atoms. The molecule has 2 unspecified atom stereocenters. The third-order valence-corrected chi connectivity index (χ3v) is 2.75. The van der Waals surface area contributed by atoms with Crippen LogP contribution in [-0.4, -0.2) is 13.2 Å². The summed E-state index contributed by atoms with van der Waals surface area (Å²) in [7, 11) is 0. The molecule has 2 heteroatoms. The maximum atomic E-state index is 5.17. The molecule has 2 atom stereocenters. The zero-order valence-corrected chi connectivity index (χ0v) is 10.6. The van der Waals surface area contributed by atoms with Gasteiger partial charge in [0.25, 0.3) is 0 Å². The zero-order chi connectivity index (χ0) is 8.97. The van der Waals surface area contributed by atoms with Gasteiger partial charge in [-0.25, -0.2) is 0 Å². The van der Waals surface area contributed by atoms with E-state index in [0.717, 1.165) is 19.6 Å². The van der Waals surface area contributed by atoms with Gasteiger partial charge < -0.3 is 4.74 Å². The van der Waals surface area contributed by atoms with Crippen LogP contribution < -0.4 is 0 Å². The van der Waals surface area contributed by atoms with Gasteiger partial charge in [-0.05, 0) is 18.3 Å². The van der Waals surface area contributed by atoms with Crippen molar-refractivity contribution in [3.05, 3.63) is 25.3 Å². The minimum atomic E-state index is 0. The lowest BCUT2D eigenvalue weighted by molar-refractivity contribution is -0.0585. The molecule has 0 aromatic rings. The standard InChI is InChI=1S/C11H18O.HI/c1-4-9(5-2)11(6-3)10-7-12-8-10;/h4,6,9-11H,1,3,5,7-8H2,2H3;1H. The Bertz CT molecular complexity index is 163. The first-order valence-corrected chi connectivity index (χ1v) is 4.66. The number of rotatable bonds is 5. The molecule has 0 saturated carbocycles. The monoisotopic (exact) mass is 294 g/mol. The van der Waals surface area contributed by atoms with Gasteiger partial charge in [0.1, 0.15) is 0 Å². The summed E-state index contributed by atoms with van der Waals surface area (Å²) >= 11 is 0. The second-order valence-electron chi connectivity index (χ2n) is 3.42. The lowest BCUT2D eigenvalue weighted by Crippen LogP contribution is -2.36. The summed E-state index contributed by atoms with van der Waals surface area (Å²) in [5, 5.41) is 0. The molecular weight excluding hydrogens is 275 g/mol. The molecule has 0 aromatic heterocycles. The molecule has 1 fully saturated rings. The van der Waals surface area contributed by atoms with Crippen molar-refractivity contribution in [3.63, 3.8) is 0 Å². The number of ether oxygens (including phenoxy) is 1. The highest BCUT2D eigenvalue weighted by Gasteiger charge is 2.29. The van der Waals surface area contributed by atoms with Gasteiger partial charge >= 0.3 is 0 Å². The Morgan fingerprint density at radius 2 is 2.00 bits per heavy atom. The Morgan fingerprint density at radius 3 is 2.23 bits per heavy atom. The van der Waals surface area contributed by atoms with Crippen LogP contribution in [0.2, 0.25) is 0 Å². The van der Waals surface area contributed by atoms with Crippen LogP contribution >= 0.6 is 24.0 Å². The van der Waals surface area contributed by atoms with Gasteiger partial charge in [-0.1, -0.05) is 19.1 Å². The van der Waals surface area contributed by atoms with Crippen LogP contribution in [0.4, 0.5) is 0 Å². The normalized spacial score (nSPS) is 20.7. The fourth-order valence-electron chi connectivity index (χ4n) is 1.79. The SMILES string of the molecule is C=CC(CC)C(C=C)C1COC1.I. The molecular formula is C11H19IO. The first kappa shape index (κ1) is 13.2. The van der Waals surface area contributed by atoms with E-state index < -0.39 is 0 Å². The molecule has 1 heterocycles. The van der Waals surface area contributed by atoms with Crippen LogP contribution in [0.3, 0.4) is 0 Å². The third kappa shape index (κ3) is 3.09. The fourth-order valence-corrected chi connectivity index (χ4v) is 1.79. The summed E-state index contributed by atoms with van der Waals surface area (Å²) in [5.74, 6) is 1.84. The number of allylic oxidation sites excluding steroid dienone is 2. The van der Waals surface area contributed by atoms with Crippen molar-refractivity contribution in [3.8, 4) is 0 Å². The van der Waals surface area contributed by atoms with Crippen LogP contribution in [0.15, 0.2) is 25.3 Å². The van der Waals surface area contributed by atoms with Gasteiger partial charge in [-0.15, -0.1) is 37.1 Å². The van der Waals surface area contributed by atoms with Crippen LogP contribution in [0.1, 0.15) is 13.3 Å². The van der Waals surface area contributed by atoms with E-state index in [1.807, 2.05) is 6.08 Å².